The third kappa shape index (κ3) is 5.58. The van der Waals surface area contributed by atoms with Gasteiger partial charge in [-0.1, -0.05) is 98.7 Å². The highest BCUT2D eigenvalue weighted by Crippen LogP contribution is 2.50. The third-order valence-electron chi connectivity index (χ3n) is 12.9. The summed E-state index contributed by atoms with van der Waals surface area (Å²) in [5.41, 5.74) is 19.7. The number of para-hydroxylation sites is 1. The van der Waals surface area contributed by atoms with Gasteiger partial charge in [-0.15, -0.1) is 5.92 Å². The number of fused-ring (bicyclic) bond motifs is 6. The Morgan fingerprint density at radius 3 is 2.48 bits per heavy atom. The van der Waals surface area contributed by atoms with E-state index >= 15 is 0 Å². The Labute approximate surface area is 321 Å². The Kier molecular flexibility index (Phi) is 8.24. The number of rotatable bonds is 6. The van der Waals surface area contributed by atoms with Gasteiger partial charge in [-0.05, 0) is 131 Å². The van der Waals surface area contributed by atoms with Gasteiger partial charge in [0.25, 0.3) is 0 Å². The van der Waals surface area contributed by atoms with Gasteiger partial charge in [-0.25, -0.2) is 0 Å². The summed E-state index contributed by atoms with van der Waals surface area (Å²) >= 11 is 0. The highest BCUT2D eigenvalue weighted by atomic mass is 15.2. The molecule has 268 valence electrons. The molecule has 2 atom stereocenters. The van der Waals surface area contributed by atoms with E-state index < -0.39 is 0 Å². The second-order valence-corrected chi connectivity index (χ2v) is 16.5. The van der Waals surface area contributed by atoms with E-state index in [2.05, 4.69) is 162 Å². The SMILES string of the molecule is CC1(C)c2ccccc2/C2=C/CC(N(C3=CC=C(C4=CNCC=C4)CC3)c3ccc(C4=Cc5c6c(n(-c7ccccc7)c5C4)CCCC6)cc3)CC#CC21. The van der Waals surface area contributed by atoms with E-state index in [4.69, 9.17) is 0 Å². The number of benzene rings is 3. The van der Waals surface area contributed by atoms with Gasteiger partial charge in [0.05, 0.1) is 5.92 Å². The van der Waals surface area contributed by atoms with E-state index in [-0.39, 0.29) is 17.4 Å². The van der Waals surface area contributed by atoms with Crippen molar-refractivity contribution in [3.05, 3.63) is 171 Å². The molecule has 3 heteroatoms. The van der Waals surface area contributed by atoms with Crippen molar-refractivity contribution < 1.29 is 0 Å². The fraction of sp³-hybridized carbons (Fsp3) is 0.294. The molecule has 2 heterocycles. The highest BCUT2D eigenvalue weighted by Gasteiger charge is 2.42. The summed E-state index contributed by atoms with van der Waals surface area (Å²) < 4.78 is 2.59. The van der Waals surface area contributed by atoms with Crippen LogP contribution in [0.4, 0.5) is 5.69 Å². The lowest BCUT2D eigenvalue weighted by Gasteiger charge is -2.37. The first-order valence-corrected chi connectivity index (χ1v) is 20.2. The van der Waals surface area contributed by atoms with Crippen molar-refractivity contribution in [3.63, 3.8) is 0 Å². The quantitative estimate of drug-likeness (QED) is 0.202. The summed E-state index contributed by atoms with van der Waals surface area (Å²) in [5, 5.41) is 3.40. The molecule has 0 spiro atoms. The number of hydrogen-bond acceptors (Lipinski definition) is 2. The van der Waals surface area contributed by atoms with E-state index in [1.165, 1.54) is 98.7 Å². The van der Waals surface area contributed by atoms with Crippen molar-refractivity contribution in [1.82, 2.24) is 9.88 Å². The maximum Gasteiger partial charge on any atom is 0.0546 e. The van der Waals surface area contributed by atoms with Crippen LogP contribution in [0.5, 0.6) is 0 Å². The Balaban J connectivity index is 0.996. The molecule has 1 N–H and O–H groups in total. The second-order valence-electron chi connectivity index (χ2n) is 16.5. The molecular weight excluding hydrogens is 655 g/mol. The van der Waals surface area contributed by atoms with E-state index in [0.717, 1.165) is 38.6 Å². The summed E-state index contributed by atoms with van der Waals surface area (Å²) in [7, 11) is 0. The molecule has 5 aliphatic carbocycles. The summed E-state index contributed by atoms with van der Waals surface area (Å²) in [6.07, 6.45) is 26.2. The topological polar surface area (TPSA) is 20.2 Å². The first kappa shape index (κ1) is 33.1. The van der Waals surface area contributed by atoms with Crippen LogP contribution in [0.2, 0.25) is 0 Å². The summed E-state index contributed by atoms with van der Waals surface area (Å²) in [6.45, 7) is 5.65. The van der Waals surface area contributed by atoms with Crippen molar-refractivity contribution >= 4 is 22.9 Å². The molecule has 0 radical (unpaired) electrons. The zero-order valence-electron chi connectivity index (χ0n) is 31.7. The molecule has 1 aliphatic heterocycles. The minimum absolute atomic E-state index is 0.0131. The lowest BCUT2D eigenvalue weighted by atomic mass is 9.77. The molecule has 0 fully saturated rings. The van der Waals surface area contributed by atoms with Gasteiger partial charge in [0.2, 0.25) is 0 Å². The van der Waals surface area contributed by atoms with Crippen molar-refractivity contribution in [3.8, 4) is 17.5 Å². The maximum absolute atomic E-state index is 3.79. The number of hydrogen-bond donors (Lipinski definition) is 1. The Bertz CT molecular complexity index is 2390. The monoisotopic (exact) mass is 703 g/mol. The average molecular weight is 704 g/mol. The molecule has 1 aromatic heterocycles. The minimum Gasteiger partial charge on any atom is -0.387 e. The molecule has 0 saturated carbocycles. The summed E-state index contributed by atoms with van der Waals surface area (Å²) in [4.78, 5) is 2.63. The second kappa shape index (κ2) is 13.4. The van der Waals surface area contributed by atoms with Crippen LogP contribution in [0.15, 0.2) is 132 Å². The molecule has 4 aromatic rings. The van der Waals surface area contributed by atoms with Crippen molar-refractivity contribution in [2.45, 2.75) is 83.1 Å². The van der Waals surface area contributed by atoms with Gasteiger partial charge in [0, 0.05) is 65.5 Å². The van der Waals surface area contributed by atoms with Gasteiger partial charge in [-0.2, -0.15) is 0 Å². The van der Waals surface area contributed by atoms with Crippen molar-refractivity contribution in [2.75, 3.05) is 11.4 Å². The third-order valence-corrected chi connectivity index (χ3v) is 12.9. The first-order chi connectivity index (χ1) is 26.5. The van der Waals surface area contributed by atoms with Crippen LogP contribution in [0.3, 0.4) is 0 Å². The predicted octanol–water partition coefficient (Wildman–Crippen LogP) is 11.1. The fourth-order valence-corrected chi connectivity index (χ4v) is 10.2. The van der Waals surface area contributed by atoms with Gasteiger partial charge in [-0.3, -0.25) is 0 Å². The van der Waals surface area contributed by atoms with E-state index in [0.29, 0.717) is 0 Å². The molecular formula is C51H49N3. The lowest BCUT2D eigenvalue weighted by molar-refractivity contribution is 0.485. The van der Waals surface area contributed by atoms with Gasteiger partial charge >= 0.3 is 0 Å². The number of allylic oxidation sites excluding steroid dienone is 8. The van der Waals surface area contributed by atoms with Crippen LogP contribution >= 0.6 is 0 Å². The molecule has 3 aromatic carbocycles. The zero-order chi connectivity index (χ0) is 36.2. The van der Waals surface area contributed by atoms with Gasteiger partial charge in [0.15, 0.2) is 0 Å². The molecule has 2 unspecified atom stereocenters. The normalized spacial score (nSPS) is 22.9. The average Bonchev–Trinajstić information content (AvgIpc) is 3.84. The molecule has 0 amide bonds. The minimum atomic E-state index is 0.0131. The number of anilines is 1. The van der Waals surface area contributed by atoms with Crippen LogP contribution in [0, 0.1) is 17.8 Å². The molecule has 0 bridgehead atoms. The molecule has 54 heavy (non-hydrogen) atoms. The van der Waals surface area contributed by atoms with Gasteiger partial charge in [0.1, 0.15) is 0 Å². The largest absolute Gasteiger partial charge is 0.387 e. The molecule has 0 saturated heterocycles. The predicted molar refractivity (Wildman–Crippen MR) is 225 cm³/mol. The Morgan fingerprint density at radius 2 is 1.67 bits per heavy atom. The lowest BCUT2D eigenvalue weighted by Crippen LogP contribution is -2.35. The number of dihydropyridines is 1. The van der Waals surface area contributed by atoms with Crippen LogP contribution in [0.25, 0.3) is 22.9 Å². The molecule has 3 nitrogen and oxygen atoms in total. The van der Waals surface area contributed by atoms with Crippen LogP contribution in [-0.4, -0.2) is 17.2 Å². The fourth-order valence-electron chi connectivity index (χ4n) is 10.2. The Morgan fingerprint density at radius 1 is 0.833 bits per heavy atom. The molecule has 6 aliphatic rings. The highest BCUT2D eigenvalue weighted by molar-refractivity contribution is 5.90. The smallest absolute Gasteiger partial charge is 0.0546 e. The number of nitrogens with zero attached hydrogens (tertiary/aromatic N) is 2. The first-order valence-electron chi connectivity index (χ1n) is 20.2. The summed E-state index contributed by atoms with van der Waals surface area (Å²) in [6, 6.07) is 29.8. The van der Waals surface area contributed by atoms with Crippen molar-refractivity contribution in [1.29, 1.82) is 0 Å². The summed E-state index contributed by atoms with van der Waals surface area (Å²) in [5.74, 6) is 7.77. The maximum atomic E-state index is 3.79. The zero-order valence-corrected chi connectivity index (χ0v) is 31.7. The standard InChI is InChI=1S/C51H49N3/c1-51(2)47-18-8-6-16-43(47)44-30-29-40(15-10-19-48(44)51)53(41-25-21-35(22-26-41)37-12-11-31-52-34-37)42-27-23-36(24-28-42)38-32-46-45-17-7-9-20-49(45)54(50(46)33-38)39-13-4-3-5-14-39/h3-6,8,11-14,16,18,21,23-25,27-28,30,32,34,40,48,52H,7,9,15,17,20,22,26,29,31,33H2,1-2H3/b44-30-. The van der Waals surface area contributed by atoms with E-state index in [1.54, 1.807) is 5.56 Å². The van der Waals surface area contributed by atoms with E-state index in [9.17, 15) is 0 Å². The van der Waals surface area contributed by atoms with E-state index in [1.807, 2.05) is 0 Å². The molecule has 10 rings (SSSR count). The van der Waals surface area contributed by atoms with Crippen LogP contribution < -0.4 is 10.2 Å². The van der Waals surface area contributed by atoms with Crippen LogP contribution in [-0.2, 0) is 24.7 Å². The van der Waals surface area contributed by atoms with Crippen LogP contribution in [0.1, 0.15) is 91.6 Å². The van der Waals surface area contributed by atoms with Gasteiger partial charge < -0.3 is 14.8 Å². The number of aromatic nitrogens is 1. The number of nitrogens with one attached hydrogen (secondary N) is 1. The van der Waals surface area contributed by atoms with Crippen molar-refractivity contribution in [2.24, 2.45) is 5.92 Å². The Hall–Kier alpha value is -5.46.